The molecule has 2 aromatic rings. The van der Waals surface area contributed by atoms with Gasteiger partial charge in [0.15, 0.2) is 15.0 Å². The number of hydrogen-bond donors (Lipinski definition) is 0. The summed E-state index contributed by atoms with van der Waals surface area (Å²) in [5.41, 5.74) is 0.763. The van der Waals surface area contributed by atoms with Crippen molar-refractivity contribution in [3.05, 3.63) is 54.6 Å². The summed E-state index contributed by atoms with van der Waals surface area (Å²) in [5.74, 6) is 0.857. The maximum absolute atomic E-state index is 12.1. The number of rotatable bonds is 4. The topological polar surface area (TPSA) is 76.0 Å². The normalized spacial score (nSPS) is 24.3. The zero-order valence-electron chi connectivity index (χ0n) is 14.7. The largest absolute Gasteiger partial charge is 0.457 e. The number of amidine groups is 1. The van der Waals surface area contributed by atoms with Gasteiger partial charge in [-0.25, -0.2) is 8.42 Å². The summed E-state index contributed by atoms with van der Waals surface area (Å²) in [5, 5.41) is 0.347. The first-order valence-corrected chi connectivity index (χ1v) is 11.9. The molecule has 0 aromatic heterocycles. The minimum Gasteiger partial charge on any atom is -0.457 e. The van der Waals surface area contributed by atoms with E-state index in [0.29, 0.717) is 10.9 Å². The highest BCUT2D eigenvalue weighted by molar-refractivity contribution is 8.16. The minimum atomic E-state index is -3.11. The maximum atomic E-state index is 12.1. The van der Waals surface area contributed by atoms with Crippen LogP contribution in [0.2, 0.25) is 0 Å². The number of sulfone groups is 1. The Hall–Kier alpha value is -2.03. The highest BCUT2D eigenvalue weighted by atomic mass is 35.5. The highest BCUT2D eigenvalue weighted by Gasteiger charge is 2.49. The van der Waals surface area contributed by atoms with Gasteiger partial charge in [-0.1, -0.05) is 30.0 Å². The van der Waals surface area contributed by atoms with E-state index in [0.717, 1.165) is 11.4 Å². The first kappa shape index (κ1) is 19.3. The Morgan fingerprint density at radius 1 is 1.11 bits per heavy atom. The molecular weight excluding hydrogens is 420 g/mol. The van der Waals surface area contributed by atoms with Crippen LogP contribution >= 0.6 is 23.4 Å². The van der Waals surface area contributed by atoms with E-state index in [4.69, 9.17) is 16.3 Å². The summed E-state index contributed by atoms with van der Waals surface area (Å²) in [4.78, 5) is 17.7. The number of halogens is 1. The molecule has 0 bridgehead atoms. The van der Waals surface area contributed by atoms with Gasteiger partial charge >= 0.3 is 0 Å². The Balaban J connectivity index is 1.62. The molecule has 4 rings (SSSR count). The average molecular weight is 437 g/mol. The molecule has 2 atom stereocenters. The van der Waals surface area contributed by atoms with Crippen LogP contribution in [-0.2, 0) is 14.6 Å². The van der Waals surface area contributed by atoms with Crippen molar-refractivity contribution >= 4 is 50.0 Å². The lowest BCUT2D eigenvalue weighted by Gasteiger charge is -2.24. The Morgan fingerprint density at radius 2 is 1.79 bits per heavy atom. The number of carbonyl (C=O) groups is 1. The number of aliphatic imine (C=N–C) groups is 1. The van der Waals surface area contributed by atoms with Crippen molar-refractivity contribution in [2.75, 3.05) is 22.3 Å². The van der Waals surface area contributed by atoms with E-state index in [9.17, 15) is 13.2 Å². The van der Waals surface area contributed by atoms with E-state index in [1.165, 1.54) is 11.8 Å². The standard InChI is InChI=1S/C19H17ClN2O4S2/c20-10-18(23)21-19-22(16-11-28(24,25)12-17(16)27-19)13-6-8-15(9-7-13)26-14-4-2-1-3-5-14/h1-9,16-17H,10-12H2/t16-,17-/m0/s1. The molecule has 0 radical (unpaired) electrons. The summed E-state index contributed by atoms with van der Waals surface area (Å²) < 4.78 is 30.0. The number of thioether (sulfide) groups is 1. The molecule has 146 valence electrons. The molecule has 28 heavy (non-hydrogen) atoms. The lowest BCUT2D eigenvalue weighted by atomic mass is 10.2. The lowest BCUT2D eigenvalue weighted by Crippen LogP contribution is -2.37. The average Bonchev–Trinajstić information content (AvgIpc) is 3.14. The molecule has 0 saturated carbocycles. The minimum absolute atomic E-state index is 0.0427. The Morgan fingerprint density at radius 3 is 2.46 bits per heavy atom. The molecule has 0 aliphatic carbocycles. The number of hydrogen-bond acceptors (Lipinski definition) is 5. The second-order valence-corrected chi connectivity index (χ2v) is 10.1. The van der Waals surface area contributed by atoms with E-state index >= 15 is 0 Å². The number of fused-ring (bicyclic) bond motifs is 1. The Kier molecular flexibility index (Phi) is 5.35. The molecule has 6 nitrogen and oxygen atoms in total. The van der Waals surface area contributed by atoms with Gasteiger partial charge in [0.1, 0.15) is 17.4 Å². The second-order valence-electron chi connectivity index (χ2n) is 6.50. The first-order valence-electron chi connectivity index (χ1n) is 8.62. The van der Waals surface area contributed by atoms with E-state index < -0.39 is 15.7 Å². The van der Waals surface area contributed by atoms with Crippen LogP contribution in [0, 0.1) is 0 Å². The van der Waals surface area contributed by atoms with Crippen LogP contribution in [0.15, 0.2) is 59.6 Å². The smallest absolute Gasteiger partial charge is 0.262 e. The summed E-state index contributed by atoms with van der Waals surface area (Å²) in [6.45, 7) is 0. The van der Waals surface area contributed by atoms with Crippen molar-refractivity contribution in [1.29, 1.82) is 0 Å². The van der Waals surface area contributed by atoms with Crippen molar-refractivity contribution in [2.45, 2.75) is 11.3 Å². The van der Waals surface area contributed by atoms with Crippen molar-refractivity contribution in [3.8, 4) is 11.5 Å². The van der Waals surface area contributed by atoms with E-state index in [1.54, 1.807) is 0 Å². The molecule has 9 heteroatoms. The fraction of sp³-hybridized carbons (Fsp3) is 0.263. The molecule has 0 N–H and O–H groups in total. The molecule has 0 spiro atoms. The third kappa shape index (κ3) is 4.04. The van der Waals surface area contributed by atoms with Gasteiger partial charge in [0.05, 0.1) is 17.5 Å². The van der Waals surface area contributed by atoms with Crippen LogP contribution in [0.25, 0.3) is 0 Å². The zero-order valence-corrected chi connectivity index (χ0v) is 17.1. The summed E-state index contributed by atoms with van der Waals surface area (Å²) in [6.07, 6.45) is 0. The Labute approximate surface area is 172 Å². The fourth-order valence-corrected chi connectivity index (χ4v) is 7.29. The van der Waals surface area contributed by atoms with Gasteiger partial charge in [-0.2, -0.15) is 4.99 Å². The summed E-state index contributed by atoms with van der Waals surface area (Å²) in [6, 6.07) is 16.5. The van der Waals surface area contributed by atoms with Crippen LogP contribution in [-0.4, -0.2) is 48.2 Å². The van der Waals surface area contributed by atoms with Crippen LogP contribution in [0.1, 0.15) is 0 Å². The number of alkyl halides is 1. The monoisotopic (exact) mass is 436 g/mol. The fourth-order valence-electron chi connectivity index (χ4n) is 3.30. The van der Waals surface area contributed by atoms with Gasteiger partial charge in [0.25, 0.3) is 5.91 Å². The maximum Gasteiger partial charge on any atom is 0.262 e. The van der Waals surface area contributed by atoms with Crippen molar-refractivity contribution < 1.29 is 17.9 Å². The van der Waals surface area contributed by atoms with Gasteiger partial charge in [0.2, 0.25) is 0 Å². The number of benzene rings is 2. The quantitative estimate of drug-likeness (QED) is 0.684. The molecule has 2 heterocycles. The van der Waals surface area contributed by atoms with Crippen LogP contribution in [0.5, 0.6) is 11.5 Å². The van der Waals surface area contributed by atoms with Crippen LogP contribution in [0.4, 0.5) is 5.69 Å². The van der Waals surface area contributed by atoms with E-state index in [-0.39, 0.29) is 28.7 Å². The van der Waals surface area contributed by atoms with Crippen LogP contribution < -0.4 is 9.64 Å². The molecular formula is C19H17ClN2O4S2. The van der Waals surface area contributed by atoms with Gasteiger partial charge in [0, 0.05) is 10.9 Å². The van der Waals surface area contributed by atoms with Gasteiger partial charge in [-0.15, -0.1) is 11.6 Å². The third-order valence-corrected chi connectivity index (χ3v) is 7.93. The number of nitrogens with zero attached hydrogens (tertiary/aromatic N) is 2. The van der Waals surface area contributed by atoms with Gasteiger partial charge in [-0.05, 0) is 36.4 Å². The van der Waals surface area contributed by atoms with Crippen LogP contribution in [0.3, 0.4) is 0 Å². The molecule has 2 saturated heterocycles. The molecule has 2 aliphatic rings. The molecule has 2 aliphatic heterocycles. The number of amides is 1. The Bertz CT molecular complexity index is 1010. The summed E-state index contributed by atoms with van der Waals surface area (Å²) >= 11 is 6.91. The predicted octanol–water partition coefficient (Wildman–Crippen LogP) is 3.32. The number of carbonyl (C=O) groups excluding carboxylic acids is 1. The van der Waals surface area contributed by atoms with Gasteiger partial charge < -0.3 is 9.64 Å². The lowest BCUT2D eigenvalue weighted by molar-refractivity contribution is -0.115. The number of ether oxygens (including phenoxy) is 1. The van der Waals surface area contributed by atoms with Crippen molar-refractivity contribution in [1.82, 2.24) is 0 Å². The summed E-state index contributed by atoms with van der Waals surface area (Å²) in [7, 11) is -3.11. The third-order valence-electron chi connectivity index (χ3n) is 4.50. The molecule has 0 unspecified atom stereocenters. The molecule has 1 amide bonds. The van der Waals surface area contributed by atoms with Crippen molar-refractivity contribution in [3.63, 3.8) is 0 Å². The first-order chi connectivity index (χ1) is 13.4. The second kappa shape index (κ2) is 7.77. The highest BCUT2D eigenvalue weighted by Crippen LogP contribution is 2.41. The van der Waals surface area contributed by atoms with Crippen molar-refractivity contribution in [2.24, 2.45) is 4.99 Å². The SMILES string of the molecule is O=C(CCl)N=C1S[C@H]2CS(=O)(=O)C[C@@H]2N1c1ccc(Oc2ccccc2)cc1. The van der Waals surface area contributed by atoms with Gasteiger partial charge in [-0.3, -0.25) is 4.79 Å². The van der Waals surface area contributed by atoms with E-state index in [1.807, 2.05) is 59.5 Å². The molecule has 2 aromatic carbocycles. The molecule has 2 fully saturated rings. The number of para-hydroxylation sites is 1. The van der Waals surface area contributed by atoms with E-state index in [2.05, 4.69) is 4.99 Å². The number of anilines is 1. The zero-order chi connectivity index (χ0) is 19.7. The predicted molar refractivity (Wildman–Crippen MR) is 112 cm³/mol.